The second-order valence-electron chi connectivity index (χ2n) is 28.9. The molecule has 3 aliphatic rings. The first-order valence-electron chi connectivity index (χ1n) is 37.9. The summed E-state index contributed by atoms with van der Waals surface area (Å²) in [5, 5.41) is 13.7. The Labute approximate surface area is 640 Å². The number of anilines is 6. The van der Waals surface area contributed by atoms with Crippen LogP contribution >= 0.6 is 0 Å². The molecule has 0 aliphatic heterocycles. The summed E-state index contributed by atoms with van der Waals surface area (Å²) in [4.78, 5) is 0. The third kappa shape index (κ3) is 11.7. The zero-order valence-corrected chi connectivity index (χ0v) is 61.3. The van der Waals surface area contributed by atoms with Gasteiger partial charge in [0.15, 0.2) is 0 Å². The highest BCUT2D eigenvalue weighted by atomic mass is 14.9. The normalized spacial score (nSPS) is 13.1. The summed E-state index contributed by atoms with van der Waals surface area (Å²) in [5.41, 5.74) is 35.2. The van der Waals surface area contributed by atoms with Gasteiger partial charge in [0.1, 0.15) is 0 Å². The van der Waals surface area contributed by atoms with E-state index in [-0.39, 0.29) is 10.8 Å². The minimum atomic E-state index is -0.438. The SMILES string of the molecule is Cc1ccc(Nc2ccc3c(c2)C(c2ccccc2)(c2ccccc2)c2ccccc2-3)cc1.Cc1cccc(C)c1Nc1ccc2c(c1)C(c1ccccc1)(c1ccccc1)c1ccccc1-2.c1ccc(-c2ccc(Nc3cc4c(c5ccccc35)-c3ccccc3C4(c3ccccc3)c3ccccc3)cc2)cc1. The number of hydrogen-bond acceptors (Lipinski definition) is 3. The summed E-state index contributed by atoms with van der Waals surface area (Å²) in [6.45, 7) is 6.44. The number of aryl methyl sites for hydroxylation is 3. The highest BCUT2D eigenvalue weighted by molar-refractivity contribution is 6.10. The largest absolute Gasteiger partial charge is 0.356 e. The first-order chi connectivity index (χ1) is 53.8. The van der Waals surface area contributed by atoms with E-state index in [1.165, 1.54) is 144 Å². The Morgan fingerprint density at radius 2 is 0.523 bits per heavy atom. The maximum absolute atomic E-state index is 3.82. The van der Waals surface area contributed by atoms with Crippen LogP contribution in [-0.2, 0) is 16.2 Å². The average Bonchev–Trinajstić information content (AvgIpc) is 1.55. The van der Waals surface area contributed by atoms with Gasteiger partial charge >= 0.3 is 0 Å². The maximum Gasteiger partial charge on any atom is 0.0714 e. The highest BCUT2D eigenvalue weighted by Gasteiger charge is 2.49. The molecule has 20 rings (SSSR count). The molecule has 0 spiro atoms. The minimum Gasteiger partial charge on any atom is -0.356 e. The third-order valence-electron chi connectivity index (χ3n) is 22.7. The monoisotopic (exact) mass is 1400 g/mol. The second-order valence-corrected chi connectivity index (χ2v) is 28.9. The van der Waals surface area contributed by atoms with E-state index >= 15 is 0 Å². The van der Waals surface area contributed by atoms with Crippen molar-refractivity contribution in [2.75, 3.05) is 16.0 Å². The summed E-state index contributed by atoms with van der Waals surface area (Å²) in [7, 11) is 0. The van der Waals surface area contributed by atoms with Crippen LogP contribution in [0.1, 0.15) is 83.5 Å². The molecule has 0 unspecified atom stereocenters. The Hall–Kier alpha value is -13.6. The van der Waals surface area contributed by atoms with Gasteiger partial charge in [-0.2, -0.15) is 0 Å². The predicted molar refractivity (Wildman–Crippen MR) is 458 cm³/mol. The van der Waals surface area contributed by atoms with Gasteiger partial charge in [0, 0.05) is 39.5 Å². The van der Waals surface area contributed by atoms with Crippen LogP contribution in [-0.4, -0.2) is 0 Å². The minimum absolute atomic E-state index is 0.362. The zero-order chi connectivity index (χ0) is 73.3. The highest BCUT2D eigenvalue weighted by Crippen LogP contribution is 2.61. The second kappa shape index (κ2) is 28.7. The molecule has 0 atom stereocenters. The number of benzene rings is 17. The molecule has 0 amide bonds. The molecule has 0 aromatic heterocycles. The van der Waals surface area contributed by atoms with Gasteiger partial charge in [-0.3, -0.25) is 0 Å². The molecule has 17 aromatic rings. The predicted octanol–water partition coefficient (Wildman–Crippen LogP) is 27.1. The van der Waals surface area contributed by atoms with Crippen LogP contribution in [0.5, 0.6) is 0 Å². The van der Waals surface area contributed by atoms with Crippen molar-refractivity contribution in [1.29, 1.82) is 0 Å². The molecule has 0 bridgehead atoms. The summed E-state index contributed by atoms with van der Waals surface area (Å²) < 4.78 is 0. The lowest BCUT2D eigenvalue weighted by atomic mass is 9.67. The molecule has 3 aliphatic carbocycles. The molecule has 0 radical (unpaired) electrons. The fourth-order valence-electron chi connectivity index (χ4n) is 17.9. The van der Waals surface area contributed by atoms with E-state index in [4.69, 9.17) is 0 Å². The quantitative estimate of drug-likeness (QED) is 0.108. The van der Waals surface area contributed by atoms with E-state index in [1.54, 1.807) is 0 Å². The number of nitrogens with one attached hydrogen (secondary N) is 3. The van der Waals surface area contributed by atoms with Crippen molar-refractivity contribution in [3.05, 3.63) is 502 Å². The Morgan fingerprint density at radius 1 is 0.202 bits per heavy atom. The van der Waals surface area contributed by atoms with Crippen molar-refractivity contribution in [2.45, 2.75) is 37.0 Å². The van der Waals surface area contributed by atoms with E-state index in [1.807, 2.05) is 0 Å². The van der Waals surface area contributed by atoms with Crippen molar-refractivity contribution < 1.29 is 0 Å². The van der Waals surface area contributed by atoms with E-state index in [2.05, 4.69) is 455 Å². The van der Waals surface area contributed by atoms with Crippen LogP contribution in [0.2, 0.25) is 0 Å². The Morgan fingerprint density at radius 3 is 0.972 bits per heavy atom. The molecule has 3 nitrogen and oxygen atoms in total. The van der Waals surface area contributed by atoms with Crippen molar-refractivity contribution in [3.63, 3.8) is 0 Å². The first kappa shape index (κ1) is 67.3. The lowest BCUT2D eigenvalue weighted by Crippen LogP contribution is -2.28. The van der Waals surface area contributed by atoms with Crippen molar-refractivity contribution >= 4 is 44.9 Å². The van der Waals surface area contributed by atoms with Gasteiger partial charge in [-0.1, -0.05) is 370 Å². The van der Waals surface area contributed by atoms with E-state index < -0.39 is 5.41 Å². The van der Waals surface area contributed by atoms with Gasteiger partial charge < -0.3 is 16.0 Å². The first-order valence-corrected chi connectivity index (χ1v) is 37.9. The molecular formula is C106H81N3. The number of hydrogen-bond donors (Lipinski definition) is 3. The molecule has 109 heavy (non-hydrogen) atoms. The van der Waals surface area contributed by atoms with Gasteiger partial charge in [-0.25, -0.2) is 0 Å². The van der Waals surface area contributed by atoms with Crippen LogP contribution in [0, 0.1) is 20.8 Å². The summed E-state index contributed by atoms with van der Waals surface area (Å²) in [6, 6.07) is 152. The van der Waals surface area contributed by atoms with Crippen LogP contribution < -0.4 is 16.0 Å². The van der Waals surface area contributed by atoms with Crippen molar-refractivity contribution in [3.8, 4) is 44.5 Å². The number of fused-ring (bicyclic) bond motifs is 11. The Balaban J connectivity index is 0.000000116. The molecule has 0 heterocycles. The lowest BCUT2D eigenvalue weighted by molar-refractivity contribution is 0.769. The summed E-state index contributed by atoms with van der Waals surface area (Å²) in [6.07, 6.45) is 0. The van der Waals surface area contributed by atoms with E-state index in [0.717, 1.165) is 28.4 Å². The fourth-order valence-corrected chi connectivity index (χ4v) is 17.9. The molecule has 3 N–H and O–H groups in total. The van der Waals surface area contributed by atoms with Crippen molar-refractivity contribution in [2.24, 2.45) is 0 Å². The van der Waals surface area contributed by atoms with E-state index in [9.17, 15) is 0 Å². The fraction of sp³-hybridized carbons (Fsp3) is 0.0566. The van der Waals surface area contributed by atoms with Crippen LogP contribution in [0.3, 0.4) is 0 Å². The zero-order valence-electron chi connectivity index (χ0n) is 61.3. The Bertz CT molecular complexity index is 5980. The maximum atomic E-state index is 3.82. The molecular weight excluding hydrogens is 1320 g/mol. The van der Waals surface area contributed by atoms with Crippen LogP contribution in [0.15, 0.2) is 419 Å². The topological polar surface area (TPSA) is 36.1 Å². The average molecular weight is 1400 g/mol. The molecule has 17 aromatic carbocycles. The summed E-state index contributed by atoms with van der Waals surface area (Å²) in [5.74, 6) is 0. The van der Waals surface area contributed by atoms with Gasteiger partial charge in [-0.05, 0) is 203 Å². The van der Waals surface area contributed by atoms with Gasteiger partial charge in [0.2, 0.25) is 0 Å². The third-order valence-corrected chi connectivity index (χ3v) is 22.7. The van der Waals surface area contributed by atoms with Crippen LogP contribution in [0.25, 0.3) is 55.3 Å². The van der Waals surface area contributed by atoms with Gasteiger partial charge in [-0.15, -0.1) is 0 Å². The lowest BCUT2D eigenvalue weighted by Gasteiger charge is -2.34. The molecule has 520 valence electrons. The summed E-state index contributed by atoms with van der Waals surface area (Å²) >= 11 is 0. The Kier molecular flexibility index (Phi) is 17.7. The molecule has 3 heteroatoms. The number of para-hydroxylation sites is 1. The van der Waals surface area contributed by atoms with Crippen molar-refractivity contribution in [1.82, 2.24) is 0 Å². The van der Waals surface area contributed by atoms with Crippen LogP contribution in [0.4, 0.5) is 34.1 Å². The van der Waals surface area contributed by atoms with Gasteiger partial charge in [0.05, 0.1) is 16.2 Å². The van der Waals surface area contributed by atoms with Gasteiger partial charge in [0.25, 0.3) is 0 Å². The smallest absolute Gasteiger partial charge is 0.0714 e. The molecule has 0 saturated carbocycles. The number of rotatable bonds is 13. The molecule has 0 fully saturated rings. The van der Waals surface area contributed by atoms with E-state index in [0.29, 0.717) is 0 Å². The molecule has 0 saturated heterocycles. The standard InChI is InChI=1S/C41H29N.C33H27N.C32H25N/c1-4-14-29(15-5-1)30-24-26-33(27-25-30)42-39-28-38-40(35-21-11-10-20-34(35)39)36-22-12-13-23-37(36)41(38,31-16-6-2-7-17-31)32-18-8-3-9-19-32;1-23-12-11-13-24(2)32(23)34-27-20-21-29-28-18-9-10-19-30(28)33(31(29)22-27,25-14-5-3-6-15-25)26-16-7-4-8-17-26;1-23-16-18-26(19-17-23)33-27-20-21-29-28-14-8-9-15-30(28)32(31(29)22-27,24-10-4-2-5-11-24)25-12-6-3-7-13-25/h1-28,42H;3-22,34H,1-2H3;2-22,33H,1H3.